The van der Waals surface area contributed by atoms with Crippen LogP contribution in [-0.4, -0.2) is 25.3 Å². The molecule has 2 unspecified atom stereocenters. The fraction of sp³-hybridized carbons (Fsp3) is 1.00. The summed E-state index contributed by atoms with van der Waals surface area (Å²) in [7, 11) is 1.72. The van der Waals surface area contributed by atoms with Crippen LogP contribution in [0.5, 0.6) is 0 Å². The van der Waals surface area contributed by atoms with Crippen LogP contribution in [0.4, 0.5) is 0 Å². The minimum Gasteiger partial charge on any atom is -0.379 e. The molecule has 1 saturated carbocycles. The Morgan fingerprint density at radius 1 is 1.55 bits per heavy atom. The minimum absolute atomic E-state index is 0.168. The highest BCUT2D eigenvalue weighted by Gasteiger charge is 2.35. The van der Waals surface area contributed by atoms with Gasteiger partial charge in [0, 0.05) is 13.7 Å². The molecule has 0 radical (unpaired) electrons. The number of hydrogen-bond acceptors (Lipinski definition) is 3. The highest BCUT2D eigenvalue weighted by Crippen LogP contribution is 2.27. The molecule has 1 rings (SSSR count). The summed E-state index contributed by atoms with van der Waals surface area (Å²) < 4.78 is 5.29. The van der Waals surface area contributed by atoms with E-state index in [1.165, 1.54) is 12.8 Å². The molecule has 0 bridgehead atoms. The predicted octanol–water partition coefficient (Wildman–Crippen LogP) is 0.232. The van der Waals surface area contributed by atoms with E-state index < -0.39 is 0 Å². The van der Waals surface area contributed by atoms with Crippen molar-refractivity contribution in [2.24, 2.45) is 11.5 Å². The van der Waals surface area contributed by atoms with Gasteiger partial charge in [0.05, 0.1) is 11.6 Å². The lowest BCUT2D eigenvalue weighted by atomic mass is 9.80. The van der Waals surface area contributed by atoms with Gasteiger partial charge in [-0.3, -0.25) is 0 Å². The highest BCUT2D eigenvalue weighted by atomic mass is 16.5. The zero-order chi connectivity index (χ0) is 8.32. The molecule has 0 amide bonds. The van der Waals surface area contributed by atoms with Gasteiger partial charge in [-0.05, 0) is 12.8 Å². The average Bonchev–Trinajstić information content (AvgIpc) is 2.05. The van der Waals surface area contributed by atoms with Crippen LogP contribution in [0, 0.1) is 0 Å². The predicted molar refractivity (Wildman–Crippen MR) is 45.2 cm³/mol. The topological polar surface area (TPSA) is 61.3 Å². The van der Waals surface area contributed by atoms with Crippen LogP contribution in [-0.2, 0) is 4.74 Å². The summed E-state index contributed by atoms with van der Waals surface area (Å²) >= 11 is 0. The molecule has 0 aromatic rings. The minimum atomic E-state index is -0.257. The Labute approximate surface area is 68.1 Å². The third-order valence-electron chi connectivity index (χ3n) is 2.66. The second-order valence-electron chi connectivity index (χ2n) is 3.41. The van der Waals surface area contributed by atoms with Crippen molar-refractivity contribution < 1.29 is 4.74 Å². The molecule has 3 heteroatoms. The first-order valence-corrected chi connectivity index (χ1v) is 4.24. The summed E-state index contributed by atoms with van der Waals surface area (Å²) in [6.45, 7) is 0.533. The van der Waals surface area contributed by atoms with E-state index in [0.29, 0.717) is 6.54 Å². The Hall–Kier alpha value is -0.120. The molecule has 2 atom stereocenters. The van der Waals surface area contributed by atoms with Gasteiger partial charge in [0.15, 0.2) is 0 Å². The quantitative estimate of drug-likeness (QED) is 0.605. The summed E-state index contributed by atoms with van der Waals surface area (Å²) in [5.41, 5.74) is 11.4. The van der Waals surface area contributed by atoms with Crippen LogP contribution in [0.3, 0.4) is 0 Å². The smallest absolute Gasteiger partial charge is 0.0763 e. The third kappa shape index (κ3) is 1.72. The van der Waals surface area contributed by atoms with E-state index in [4.69, 9.17) is 16.2 Å². The lowest BCUT2D eigenvalue weighted by molar-refractivity contribution is 0.00980. The maximum absolute atomic E-state index is 6.06. The highest BCUT2D eigenvalue weighted by molar-refractivity contribution is 4.96. The van der Waals surface area contributed by atoms with Crippen molar-refractivity contribution in [3.63, 3.8) is 0 Å². The first-order chi connectivity index (χ1) is 5.23. The summed E-state index contributed by atoms with van der Waals surface area (Å²) in [5.74, 6) is 0. The van der Waals surface area contributed by atoms with Gasteiger partial charge in [-0.25, -0.2) is 0 Å². The first kappa shape index (κ1) is 8.97. The molecule has 0 aromatic heterocycles. The third-order valence-corrected chi connectivity index (χ3v) is 2.66. The van der Waals surface area contributed by atoms with E-state index >= 15 is 0 Å². The largest absolute Gasteiger partial charge is 0.379 e. The molecule has 1 fully saturated rings. The fourth-order valence-electron chi connectivity index (χ4n) is 1.82. The van der Waals surface area contributed by atoms with Crippen LogP contribution < -0.4 is 11.5 Å². The van der Waals surface area contributed by atoms with E-state index in [1.807, 2.05) is 0 Å². The maximum atomic E-state index is 6.06. The van der Waals surface area contributed by atoms with E-state index in [0.717, 1.165) is 12.8 Å². The Bertz CT molecular complexity index is 129. The summed E-state index contributed by atoms with van der Waals surface area (Å²) in [5, 5.41) is 0. The van der Waals surface area contributed by atoms with Gasteiger partial charge >= 0.3 is 0 Å². The van der Waals surface area contributed by atoms with Crippen molar-refractivity contribution >= 4 is 0 Å². The molecular formula is C8H18N2O. The molecule has 1 aliphatic carbocycles. The Kier molecular flexibility index (Phi) is 2.87. The number of rotatable bonds is 2. The fourth-order valence-corrected chi connectivity index (χ4v) is 1.82. The number of nitrogens with two attached hydrogens (primary N) is 2. The molecule has 0 spiro atoms. The lowest BCUT2D eigenvalue weighted by Gasteiger charge is -2.39. The summed E-state index contributed by atoms with van der Waals surface area (Å²) in [6.07, 6.45) is 4.64. The van der Waals surface area contributed by atoms with E-state index in [2.05, 4.69) is 0 Å². The van der Waals surface area contributed by atoms with Gasteiger partial charge in [-0.15, -0.1) is 0 Å². The zero-order valence-corrected chi connectivity index (χ0v) is 7.18. The molecule has 3 nitrogen and oxygen atoms in total. The van der Waals surface area contributed by atoms with Crippen LogP contribution in [0.15, 0.2) is 0 Å². The normalized spacial score (nSPS) is 39.0. The van der Waals surface area contributed by atoms with Gasteiger partial charge in [0.1, 0.15) is 0 Å². The van der Waals surface area contributed by atoms with Crippen LogP contribution in [0.1, 0.15) is 25.7 Å². The van der Waals surface area contributed by atoms with Crippen molar-refractivity contribution in [2.45, 2.75) is 37.3 Å². The van der Waals surface area contributed by atoms with Crippen molar-refractivity contribution in [1.82, 2.24) is 0 Å². The molecule has 0 aliphatic heterocycles. The monoisotopic (exact) mass is 158 g/mol. The van der Waals surface area contributed by atoms with Gasteiger partial charge in [-0.1, -0.05) is 12.8 Å². The second kappa shape index (κ2) is 3.52. The number of hydrogen-bond donors (Lipinski definition) is 2. The molecule has 0 heterocycles. The van der Waals surface area contributed by atoms with Gasteiger partial charge < -0.3 is 16.2 Å². The van der Waals surface area contributed by atoms with E-state index in [9.17, 15) is 0 Å². The van der Waals surface area contributed by atoms with Crippen molar-refractivity contribution in [3.05, 3.63) is 0 Å². The average molecular weight is 158 g/mol. The molecule has 0 saturated heterocycles. The zero-order valence-electron chi connectivity index (χ0n) is 7.18. The number of methoxy groups -OCH3 is 1. The Morgan fingerprint density at radius 3 is 2.73 bits per heavy atom. The summed E-state index contributed by atoms with van der Waals surface area (Å²) in [4.78, 5) is 0. The molecule has 4 N–H and O–H groups in total. The molecule has 11 heavy (non-hydrogen) atoms. The summed E-state index contributed by atoms with van der Waals surface area (Å²) in [6, 6.07) is 0. The van der Waals surface area contributed by atoms with Gasteiger partial charge in [0.25, 0.3) is 0 Å². The molecule has 66 valence electrons. The van der Waals surface area contributed by atoms with Gasteiger partial charge in [0.2, 0.25) is 0 Å². The Balaban J connectivity index is 2.57. The van der Waals surface area contributed by atoms with E-state index in [1.54, 1.807) is 7.11 Å². The molecular weight excluding hydrogens is 140 g/mol. The van der Waals surface area contributed by atoms with Crippen LogP contribution >= 0.6 is 0 Å². The molecule has 1 aliphatic rings. The second-order valence-corrected chi connectivity index (χ2v) is 3.41. The van der Waals surface area contributed by atoms with E-state index in [-0.39, 0.29) is 11.6 Å². The Morgan fingerprint density at radius 2 is 2.27 bits per heavy atom. The van der Waals surface area contributed by atoms with Crippen molar-refractivity contribution in [2.75, 3.05) is 13.7 Å². The first-order valence-electron chi connectivity index (χ1n) is 4.24. The lowest BCUT2D eigenvalue weighted by Crippen LogP contribution is -2.58. The SMILES string of the molecule is COC1CCCCC1(N)CN. The maximum Gasteiger partial charge on any atom is 0.0763 e. The van der Waals surface area contributed by atoms with Crippen LogP contribution in [0.2, 0.25) is 0 Å². The van der Waals surface area contributed by atoms with Crippen molar-refractivity contribution in [3.8, 4) is 0 Å². The van der Waals surface area contributed by atoms with Crippen molar-refractivity contribution in [1.29, 1.82) is 0 Å². The molecule has 0 aromatic carbocycles. The van der Waals surface area contributed by atoms with Crippen LogP contribution in [0.25, 0.3) is 0 Å². The number of ether oxygens (including phenoxy) is 1. The standard InChI is InChI=1S/C8H18N2O/c1-11-7-4-2-3-5-8(7,10)6-9/h7H,2-6,9-10H2,1H3. The van der Waals surface area contributed by atoms with Gasteiger partial charge in [-0.2, -0.15) is 0 Å².